The van der Waals surface area contributed by atoms with Crippen LogP contribution in [0, 0.1) is 5.92 Å². The van der Waals surface area contributed by atoms with Gasteiger partial charge in [-0.2, -0.15) is 0 Å². The molecule has 2 N–H and O–H groups in total. The quantitative estimate of drug-likeness (QED) is 0.530. The Bertz CT molecular complexity index is 122. The molecule has 2 fully saturated rings. The van der Waals surface area contributed by atoms with Crippen molar-refractivity contribution in [2.45, 2.75) is 30.2 Å². The van der Waals surface area contributed by atoms with Crippen molar-refractivity contribution in [3.8, 4) is 0 Å². The molecule has 2 saturated carbocycles. The van der Waals surface area contributed by atoms with Crippen LogP contribution in [0.3, 0.4) is 0 Å². The Morgan fingerprint density at radius 3 is 2.12 bits per heavy atom. The first-order valence-electron chi connectivity index (χ1n) is 3.16. The molecule has 2 atom stereocenters. The van der Waals surface area contributed by atoms with E-state index in [0.717, 1.165) is 12.3 Å². The molecule has 0 bridgehead atoms. The summed E-state index contributed by atoms with van der Waals surface area (Å²) in [6.45, 7) is 0. The molecular weight excluding hydrogens is 122 g/mol. The lowest BCUT2D eigenvalue weighted by atomic mass is 10.2. The van der Waals surface area contributed by atoms with E-state index >= 15 is 0 Å². The monoisotopic (exact) mass is 131 g/mol. The minimum absolute atomic E-state index is 0.0849. The van der Waals surface area contributed by atoms with Crippen LogP contribution in [0.25, 0.3) is 0 Å². The van der Waals surface area contributed by atoms with E-state index in [1.165, 1.54) is 12.8 Å². The van der Waals surface area contributed by atoms with Crippen molar-refractivity contribution < 1.29 is 0 Å². The molecule has 8 heavy (non-hydrogen) atoms. The van der Waals surface area contributed by atoms with E-state index in [4.69, 9.17) is 17.3 Å². The summed E-state index contributed by atoms with van der Waals surface area (Å²) in [4.78, 5) is 0. The highest BCUT2D eigenvalue weighted by molar-refractivity contribution is 6.23. The molecule has 2 rings (SSSR count). The maximum Gasteiger partial charge on any atom is 0.0537 e. The smallest absolute Gasteiger partial charge is 0.0537 e. The molecule has 0 saturated heterocycles. The van der Waals surface area contributed by atoms with Crippen LogP contribution in [-0.2, 0) is 0 Å². The molecule has 1 nitrogen and oxygen atoms in total. The van der Waals surface area contributed by atoms with Gasteiger partial charge in [0.25, 0.3) is 0 Å². The van der Waals surface area contributed by atoms with E-state index in [0.29, 0.717) is 5.38 Å². The molecule has 2 aliphatic rings. The van der Waals surface area contributed by atoms with Crippen LogP contribution in [-0.4, -0.2) is 10.9 Å². The average Bonchev–Trinajstić information content (AvgIpc) is 2.44. The van der Waals surface area contributed by atoms with Gasteiger partial charge in [0.05, 0.1) is 5.38 Å². The second-order valence-electron chi connectivity index (χ2n) is 3.06. The molecule has 0 aromatic rings. The van der Waals surface area contributed by atoms with E-state index in [-0.39, 0.29) is 5.54 Å². The van der Waals surface area contributed by atoms with Crippen molar-refractivity contribution in [3.05, 3.63) is 0 Å². The Balaban J connectivity index is 2.04. The maximum atomic E-state index is 5.86. The topological polar surface area (TPSA) is 26.0 Å². The number of halogens is 1. The van der Waals surface area contributed by atoms with Crippen molar-refractivity contribution in [1.29, 1.82) is 0 Å². The normalized spacial score (nSPS) is 54.0. The fourth-order valence-electron chi connectivity index (χ4n) is 1.29. The molecule has 0 heterocycles. The van der Waals surface area contributed by atoms with Crippen molar-refractivity contribution >= 4 is 11.6 Å². The Labute approximate surface area is 54.2 Å². The molecule has 2 aliphatic carbocycles. The van der Waals surface area contributed by atoms with Crippen LogP contribution in [0.5, 0.6) is 0 Å². The highest BCUT2D eigenvalue weighted by Gasteiger charge is 2.58. The molecule has 0 spiro atoms. The van der Waals surface area contributed by atoms with Gasteiger partial charge in [0.1, 0.15) is 0 Å². The first-order chi connectivity index (χ1) is 3.73. The van der Waals surface area contributed by atoms with Crippen LogP contribution in [0.15, 0.2) is 0 Å². The molecule has 0 amide bonds. The Kier molecular flexibility index (Phi) is 0.771. The number of hydrogen-bond donors (Lipinski definition) is 1. The summed E-state index contributed by atoms with van der Waals surface area (Å²) in [7, 11) is 0. The lowest BCUT2D eigenvalue weighted by Crippen LogP contribution is -2.27. The third-order valence-electron chi connectivity index (χ3n) is 2.29. The van der Waals surface area contributed by atoms with E-state index in [2.05, 4.69) is 0 Å². The summed E-state index contributed by atoms with van der Waals surface area (Å²) in [5, 5.41) is 0.301. The lowest BCUT2D eigenvalue weighted by molar-refractivity contribution is 0.589. The van der Waals surface area contributed by atoms with Gasteiger partial charge in [-0.05, 0) is 25.2 Å². The summed E-state index contributed by atoms with van der Waals surface area (Å²) in [6.07, 6.45) is 3.69. The third kappa shape index (κ3) is 0.517. The Morgan fingerprint density at radius 1 is 1.50 bits per heavy atom. The van der Waals surface area contributed by atoms with Gasteiger partial charge in [0.2, 0.25) is 0 Å². The summed E-state index contributed by atoms with van der Waals surface area (Å²) in [5.41, 5.74) is 5.95. The van der Waals surface area contributed by atoms with Gasteiger partial charge in [0, 0.05) is 5.54 Å². The fraction of sp³-hybridized carbons (Fsp3) is 1.00. The molecule has 0 aromatic carbocycles. The van der Waals surface area contributed by atoms with Crippen LogP contribution < -0.4 is 5.73 Å². The SMILES string of the molecule is NC1(C2CC2)CC1Cl. The van der Waals surface area contributed by atoms with Gasteiger partial charge >= 0.3 is 0 Å². The van der Waals surface area contributed by atoms with Gasteiger partial charge in [-0.25, -0.2) is 0 Å². The summed E-state index contributed by atoms with van der Waals surface area (Å²) >= 11 is 5.80. The van der Waals surface area contributed by atoms with Crippen molar-refractivity contribution in [1.82, 2.24) is 0 Å². The predicted octanol–water partition coefficient (Wildman–Crippen LogP) is 1.10. The van der Waals surface area contributed by atoms with E-state index < -0.39 is 0 Å². The van der Waals surface area contributed by atoms with Crippen molar-refractivity contribution in [3.63, 3.8) is 0 Å². The molecule has 2 heteroatoms. The van der Waals surface area contributed by atoms with Crippen LogP contribution in [0.1, 0.15) is 19.3 Å². The zero-order chi connectivity index (χ0) is 5.78. The number of alkyl halides is 1. The summed E-state index contributed by atoms with van der Waals surface area (Å²) < 4.78 is 0. The Hall–Kier alpha value is 0.250. The molecule has 46 valence electrons. The zero-order valence-electron chi connectivity index (χ0n) is 4.73. The van der Waals surface area contributed by atoms with E-state index in [1.807, 2.05) is 0 Å². The first-order valence-corrected chi connectivity index (χ1v) is 3.60. The minimum atomic E-state index is 0.0849. The molecule has 2 unspecified atom stereocenters. The van der Waals surface area contributed by atoms with E-state index in [1.54, 1.807) is 0 Å². The van der Waals surface area contributed by atoms with Gasteiger partial charge in [-0.1, -0.05) is 0 Å². The molecule has 0 aliphatic heterocycles. The van der Waals surface area contributed by atoms with Crippen molar-refractivity contribution in [2.75, 3.05) is 0 Å². The maximum absolute atomic E-state index is 5.86. The van der Waals surface area contributed by atoms with E-state index in [9.17, 15) is 0 Å². The van der Waals surface area contributed by atoms with Crippen LogP contribution in [0.4, 0.5) is 0 Å². The number of nitrogens with two attached hydrogens (primary N) is 1. The molecule has 0 aromatic heterocycles. The average molecular weight is 132 g/mol. The van der Waals surface area contributed by atoms with Crippen LogP contribution >= 0.6 is 11.6 Å². The minimum Gasteiger partial charge on any atom is -0.324 e. The predicted molar refractivity (Wildman–Crippen MR) is 33.9 cm³/mol. The second kappa shape index (κ2) is 1.22. The van der Waals surface area contributed by atoms with Gasteiger partial charge in [-0.3, -0.25) is 0 Å². The standard InChI is InChI=1S/C6H10ClN/c7-5-3-6(5,8)4-1-2-4/h4-5H,1-3,8H2. The molecule has 0 radical (unpaired) electrons. The molecular formula is C6H10ClN. The van der Waals surface area contributed by atoms with Crippen LogP contribution in [0.2, 0.25) is 0 Å². The fourth-order valence-corrected chi connectivity index (χ4v) is 1.74. The largest absolute Gasteiger partial charge is 0.324 e. The summed E-state index contributed by atoms with van der Waals surface area (Å²) in [6, 6.07) is 0. The Morgan fingerprint density at radius 2 is 2.00 bits per heavy atom. The highest BCUT2D eigenvalue weighted by atomic mass is 35.5. The van der Waals surface area contributed by atoms with Gasteiger partial charge < -0.3 is 5.73 Å². The third-order valence-corrected chi connectivity index (χ3v) is 2.85. The van der Waals surface area contributed by atoms with Gasteiger partial charge in [-0.15, -0.1) is 11.6 Å². The summed E-state index contributed by atoms with van der Waals surface area (Å²) in [5.74, 6) is 0.782. The van der Waals surface area contributed by atoms with Gasteiger partial charge in [0.15, 0.2) is 0 Å². The lowest BCUT2D eigenvalue weighted by Gasteiger charge is -2.03. The number of rotatable bonds is 1. The highest BCUT2D eigenvalue weighted by Crippen LogP contribution is 2.54. The number of hydrogen-bond acceptors (Lipinski definition) is 1. The van der Waals surface area contributed by atoms with Crippen molar-refractivity contribution in [2.24, 2.45) is 11.7 Å². The zero-order valence-corrected chi connectivity index (χ0v) is 5.49. The second-order valence-corrected chi connectivity index (χ2v) is 3.59. The first kappa shape index (κ1) is 5.07.